The Hall–Kier alpha value is 0.110. The topological polar surface area (TPSA) is 77.8 Å². The molecule has 0 saturated carbocycles. The van der Waals surface area contributed by atoms with Gasteiger partial charge in [0.15, 0.2) is 5.85 Å². The summed E-state index contributed by atoms with van der Waals surface area (Å²) in [4.78, 5) is 17.2. The molecule has 4 nitrogen and oxygen atoms in total. The lowest BCUT2D eigenvalue weighted by molar-refractivity contribution is 0.190. The van der Waals surface area contributed by atoms with E-state index in [-0.39, 0.29) is 6.42 Å². The Morgan fingerprint density at radius 3 is 2.07 bits per heavy atom. The van der Waals surface area contributed by atoms with Crippen LogP contribution in [0.5, 0.6) is 0 Å². The minimum atomic E-state index is -4.26. The summed E-state index contributed by atoms with van der Waals surface area (Å²) in [5.74, 6) is -1.46. The molecule has 1 atom stereocenters. The summed E-state index contributed by atoms with van der Waals surface area (Å²) in [6.45, 7) is 2.14. The van der Waals surface area contributed by atoms with Gasteiger partial charge in [-0.1, -0.05) is 45.4 Å². The van der Waals surface area contributed by atoms with Crippen LogP contribution in [0.15, 0.2) is 0 Å². The van der Waals surface area contributed by atoms with Crippen LogP contribution in [0.2, 0.25) is 0 Å². The van der Waals surface area contributed by atoms with Crippen molar-refractivity contribution in [1.29, 1.82) is 0 Å². The van der Waals surface area contributed by atoms with E-state index in [1.807, 2.05) is 0 Å². The summed E-state index contributed by atoms with van der Waals surface area (Å²) in [5.41, 5.74) is 0. The lowest BCUT2D eigenvalue weighted by Gasteiger charge is -2.11. The Morgan fingerprint density at radius 2 is 1.57 bits per heavy atom. The summed E-state index contributed by atoms with van der Waals surface area (Å²) in [6.07, 6.45) is 6.49. The van der Waals surface area contributed by atoms with Crippen LogP contribution < -0.4 is 0 Å². The zero-order valence-corrected chi connectivity index (χ0v) is 9.62. The smallest absolute Gasteiger partial charge is 0.353 e. The predicted molar refractivity (Wildman–Crippen MR) is 56.0 cm³/mol. The fourth-order valence-corrected chi connectivity index (χ4v) is 1.79. The van der Waals surface area contributed by atoms with Gasteiger partial charge >= 0.3 is 7.60 Å². The Morgan fingerprint density at radius 1 is 1.07 bits per heavy atom. The second-order valence-corrected chi connectivity index (χ2v) is 5.40. The highest BCUT2D eigenvalue weighted by atomic mass is 31.2. The Kier molecular flexibility index (Phi) is 7.47. The van der Waals surface area contributed by atoms with Crippen molar-refractivity contribution in [1.82, 2.24) is 0 Å². The molecule has 0 saturated heterocycles. The summed E-state index contributed by atoms with van der Waals surface area (Å²) in [6, 6.07) is 0. The molecule has 5 heteroatoms. The summed E-state index contributed by atoms with van der Waals surface area (Å²) < 4.78 is 10.5. The predicted octanol–water partition coefficient (Wildman–Crippen LogP) is 2.23. The quantitative estimate of drug-likeness (QED) is 0.436. The Labute approximate surface area is 85.5 Å². The monoisotopic (exact) mass is 224 g/mol. The van der Waals surface area contributed by atoms with Gasteiger partial charge in [-0.25, -0.2) is 0 Å². The first kappa shape index (κ1) is 14.1. The number of unbranched alkanes of at least 4 members (excludes halogenated alkanes) is 5. The Balaban J connectivity index is 3.32. The van der Waals surface area contributed by atoms with Gasteiger partial charge in [0.05, 0.1) is 0 Å². The lowest BCUT2D eigenvalue weighted by Crippen LogP contribution is -2.06. The normalized spacial score (nSPS) is 14.3. The molecule has 14 heavy (non-hydrogen) atoms. The van der Waals surface area contributed by atoms with Crippen LogP contribution >= 0.6 is 7.60 Å². The van der Waals surface area contributed by atoms with Gasteiger partial charge in [0.25, 0.3) is 0 Å². The van der Waals surface area contributed by atoms with E-state index in [4.69, 9.17) is 14.9 Å². The average molecular weight is 224 g/mol. The Bertz CT molecular complexity index is 178. The number of hydrogen-bond donors (Lipinski definition) is 3. The van der Waals surface area contributed by atoms with Crippen molar-refractivity contribution in [3.63, 3.8) is 0 Å². The van der Waals surface area contributed by atoms with Crippen LogP contribution in [0.1, 0.15) is 51.9 Å². The maximum absolute atomic E-state index is 10.5. The van der Waals surface area contributed by atoms with E-state index in [1.54, 1.807) is 0 Å². The standard InChI is InChI=1S/C9H21O4P/c1-2-3-4-5-6-7-8-9(10)14(11,12)13/h9-10H,2-8H2,1H3,(H2,11,12,13). The largest absolute Gasteiger partial charge is 0.380 e. The molecule has 0 aliphatic heterocycles. The molecule has 0 aromatic rings. The van der Waals surface area contributed by atoms with E-state index < -0.39 is 13.4 Å². The van der Waals surface area contributed by atoms with Crippen LogP contribution in [0.3, 0.4) is 0 Å². The number of rotatable bonds is 8. The highest BCUT2D eigenvalue weighted by molar-refractivity contribution is 7.52. The van der Waals surface area contributed by atoms with Gasteiger partial charge in [-0.05, 0) is 6.42 Å². The SMILES string of the molecule is CCCCCCCCC(O)P(=O)(O)O. The van der Waals surface area contributed by atoms with Crippen molar-refractivity contribution in [2.45, 2.75) is 57.7 Å². The maximum atomic E-state index is 10.5. The van der Waals surface area contributed by atoms with Crippen molar-refractivity contribution in [2.75, 3.05) is 0 Å². The van der Waals surface area contributed by atoms with Gasteiger partial charge in [0.1, 0.15) is 0 Å². The number of hydrogen-bond acceptors (Lipinski definition) is 2. The third-order valence-corrected chi connectivity index (χ3v) is 3.24. The molecule has 86 valence electrons. The van der Waals surface area contributed by atoms with Gasteiger partial charge in [-0.2, -0.15) is 0 Å². The summed E-state index contributed by atoms with van der Waals surface area (Å²) >= 11 is 0. The molecule has 0 spiro atoms. The van der Waals surface area contributed by atoms with E-state index >= 15 is 0 Å². The van der Waals surface area contributed by atoms with Crippen molar-refractivity contribution in [3.05, 3.63) is 0 Å². The van der Waals surface area contributed by atoms with E-state index in [1.165, 1.54) is 19.3 Å². The van der Waals surface area contributed by atoms with Gasteiger partial charge in [0, 0.05) is 0 Å². The first-order chi connectivity index (χ1) is 6.48. The second-order valence-electron chi connectivity index (χ2n) is 3.63. The van der Waals surface area contributed by atoms with Crippen molar-refractivity contribution >= 4 is 7.60 Å². The molecule has 0 aromatic heterocycles. The van der Waals surface area contributed by atoms with Crippen LogP contribution in [0.4, 0.5) is 0 Å². The zero-order valence-electron chi connectivity index (χ0n) is 8.72. The molecule has 3 N–H and O–H groups in total. The van der Waals surface area contributed by atoms with E-state index in [9.17, 15) is 4.57 Å². The highest BCUT2D eigenvalue weighted by Crippen LogP contribution is 2.41. The molecule has 0 fully saturated rings. The summed E-state index contributed by atoms with van der Waals surface area (Å²) in [7, 11) is -4.26. The third kappa shape index (κ3) is 7.51. The lowest BCUT2D eigenvalue weighted by atomic mass is 10.1. The van der Waals surface area contributed by atoms with E-state index in [0.717, 1.165) is 12.8 Å². The first-order valence-electron chi connectivity index (χ1n) is 5.21. The summed E-state index contributed by atoms with van der Waals surface area (Å²) in [5, 5.41) is 9.03. The van der Waals surface area contributed by atoms with E-state index in [2.05, 4.69) is 6.92 Å². The molecule has 0 aromatic carbocycles. The average Bonchev–Trinajstić information content (AvgIpc) is 2.09. The molecule has 0 radical (unpaired) electrons. The molecular weight excluding hydrogens is 203 g/mol. The first-order valence-corrected chi connectivity index (χ1v) is 6.90. The zero-order chi connectivity index (χ0) is 11.0. The number of aliphatic hydroxyl groups excluding tert-OH is 1. The van der Waals surface area contributed by atoms with Crippen LogP contribution in [0, 0.1) is 0 Å². The number of aliphatic hydroxyl groups is 1. The minimum absolute atomic E-state index is 0.205. The fourth-order valence-electron chi connectivity index (χ4n) is 1.28. The molecule has 0 heterocycles. The van der Waals surface area contributed by atoms with Crippen molar-refractivity contribution in [2.24, 2.45) is 0 Å². The molecule has 1 unspecified atom stereocenters. The molecule has 0 aliphatic carbocycles. The van der Waals surface area contributed by atoms with Gasteiger partial charge < -0.3 is 14.9 Å². The highest BCUT2D eigenvalue weighted by Gasteiger charge is 2.24. The fraction of sp³-hybridized carbons (Fsp3) is 1.00. The maximum Gasteiger partial charge on any atom is 0.353 e. The van der Waals surface area contributed by atoms with Crippen LogP contribution in [-0.4, -0.2) is 20.7 Å². The van der Waals surface area contributed by atoms with Crippen molar-refractivity contribution < 1.29 is 19.5 Å². The molecule has 0 bridgehead atoms. The second kappa shape index (κ2) is 7.41. The van der Waals surface area contributed by atoms with Gasteiger partial charge in [-0.15, -0.1) is 0 Å². The molecule has 0 amide bonds. The molecular formula is C9H21O4P. The van der Waals surface area contributed by atoms with Gasteiger partial charge in [0.2, 0.25) is 0 Å². The minimum Gasteiger partial charge on any atom is -0.380 e. The third-order valence-electron chi connectivity index (χ3n) is 2.20. The van der Waals surface area contributed by atoms with Crippen LogP contribution in [-0.2, 0) is 4.57 Å². The molecule has 0 aliphatic rings. The van der Waals surface area contributed by atoms with Crippen LogP contribution in [0.25, 0.3) is 0 Å². The van der Waals surface area contributed by atoms with Crippen molar-refractivity contribution in [3.8, 4) is 0 Å². The van der Waals surface area contributed by atoms with Gasteiger partial charge in [-0.3, -0.25) is 4.57 Å². The molecule has 0 rings (SSSR count). The van der Waals surface area contributed by atoms with E-state index in [0.29, 0.717) is 6.42 Å².